The molecule has 0 unspecified atom stereocenters. The van der Waals surface area contributed by atoms with Crippen molar-refractivity contribution < 1.29 is 0 Å². The van der Waals surface area contributed by atoms with Crippen molar-refractivity contribution in [2.75, 3.05) is 5.73 Å². The second-order valence-corrected chi connectivity index (χ2v) is 7.52. The summed E-state index contributed by atoms with van der Waals surface area (Å²) >= 11 is 0. The van der Waals surface area contributed by atoms with Crippen LogP contribution in [0.5, 0.6) is 0 Å². The number of aromatic nitrogens is 2. The number of anilines is 1. The molecule has 0 saturated heterocycles. The third kappa shape index (κ3) is 2.92. The predicted octanol–water partition coefficient (Wildman–Crippen LogP) is 4.50. The van der Waals surface area contributed by atoms with Crippen molar-refractivity contribution in [1.82, 2.24) is 9.55 Å². The normalized spacial score (nSPS) is 16.9. The molecule has 0 aliphatic heterocycles. The molecule has 1 aromatic heterocycles. The molecule has 1 aliphatic carbocycles. The molecule has 3 nitrogen and oxygen atoms in total. The van der Waals surface area contributed by atoms with Crippen LogP contribution in [0, 0.1) is 5.92 Å². The maximum atomic E-state index is 5.92. The van der Waals surface area contributed by atoms with Gasteiger partial charge in [-0.25, -0.2) is 4.98 Å². The van der Waals surface area contributed by atoms with E-state index in [0.717, 1.165) is 23.7 Å². The van der Waals surface area contributed by atoms with Gasteiger partial charge in [-0.15, -0.1) is 0 Å². The summed E-state index contributed by atoms with van der Waals surface area (Å²) in [4.78, 5) is 4.87. The van der Waals surface area contributed by atoms with E-state index in [1.54, 1.807) is 0 Å². The highest BCUT2D eigenvalue weighted by Crippen LogP contribution is 2.31. The highest BCUT2D eigenvalue weighted by Gasteiger charge is 2.24. The van der Waals surface area contributed by atoms with E-state index >= 15 is 0 Å². The molecule has 1 aliphatic rings. The van der Waals surface area contributed by atoms with Gasteiger partial charge in [0.2, 0.25) is 0 Å². The van der Waals surface area contributed by atoms with Crippen molar-refractivity contribution in [2.24, 2.45) is 5.92 Å². The van der Waals surface area contributed by atoms with Crippen LogP contribution in [-0.4, -0.2) is 9.55 Å². The van der Waals surface area contributed by atoms with Gasteiger partial charge in [-0.2, -0.15) is 0 Å². The van der Waals surface area contributed by atoms with E-state index in [1.165, 1.54) is 43.4 Å². The van der Waals surface area contributed by atoms with Gasteiger partial charge in [0.05, 0.1) is 11.0 Å². The number of aryl methyl sites for hydroxylation is 1. The average Bonchev–Trinajstić information content (AvgIpc) is 3.01. The van der Waals surface area contributed by atoms with Crippen molar-refractivity contribution in [3.63, 3.8) is 0 Å². The molecule has 0 atom stereocenters. The molecule has 0 spiro atoms. The summed E-state index contributed by atoms with van der Waals surface area (Å²) in [5.74, 6) is 2.09. The number of nitrogens with two attached hydrogens (primary N) is 1. The van der Waals surface area contributed by atoms with Crippen LogP contribution in [0.15, 0.2) is 18.2 Å². The monoisotopic (exact) mass is 285 g/mol. The van der Waals surface area contributed by atoms with Crippen LogP contribution in [0.1, 0.15) is 58.7 Å². The Hall–Kier alpha value is -1.51. The average molecular weight is 285 g/mol. The van der Waals surface area contributed by atoms with Crippen molar-refractivity contribution in [3.05, 3.63) is 24.0 Å². The fraction of sp³-hybridized carbons (Fsp3) is 0.611. The van der Waals surface area contributed by atoms with Gasteiger partial charge in [-0.1, -0.05) is 46.5 Å². The first-order valence-electron chi connectivity index (χ1n) is 8.21. The Bertz CT molecular complexity index is 628. The van der Waals surface area contributed by atoms with Gasteiger partial charge >= 0.3 is 0 Å². The second kappa shape index (κ2) is 5.36. The number of hydrogen-bond donors (Lipinski definition) is 1. The number of fused-ring (bicyclic) bond motifs is 1. The molecule has 114 valence electrons. The van der Waals surface area contributed by atoms with Crippen LogP contribution in [0.4, 0.5) is 5.69 Å². The van der Waals surface area contributed by atoms with Gasteiger partial charge in [0.25, 0.3) is 0 Å². The maximum absolute atomic E-state index is 5.92. The zero-order chi connectivity index (χ0) is 15.0. The Kier molecular flexibility index (Phi) is 3.68. The van der Waals surface area contributed by atoms with Crippen LogP contribution in [0.25, 0.3) is 11.0 Å². The third-order valence-corrected chi connectivity index (χ3v) is 4.68. The lowest BCUT2D eigenvalue weighted by molar-refractivity contribution is 0.433. The van der Waals surface area contributed by atoms with Crippen LogP contribution >= 0.6 is 0 Å². The third-order valence-electron chi connectivity index (χ3n) is 4.68. The van der Waals surface area contributed by atoms with Crippen molar-refractivity contribution in [1.29, 1.82) is 0 Å². The van der Waals surface area contributed by atoms with Gasteiger partial charge in [-0.3, -0.25) is 0 Å². The van der Waals surface area contributed by atoms with E-state index < -0.39 is 0 Å². The molecule has 1 aromatic carbocycles. The van der Waals surface area contributed by atoms with E-state index in [4.69, 9.17) is 10.7 Å². The topological polar surface area (TPSA) is 43.8 Å². The molecule has 2 N–H and O–H groups in total. The standard InChI is InChI=1S/C18H27N3/c1-18(2,3)17-20-15-12-14(19)8-9-16(15)21(17)11-10-13-6-4-5-7-13/h8-9,12-13H,4-7,10-11,19H2,1-3H3. The van der Waals surface area contributed by atoms with E-state index in [-0.39, 0.29) is 5.41 Å². The van der Waals surface area contributed by atoms with Crippen LogP contribution < -0.4 is 5.73 Å². The molecule has 3 heteroatoms. The van der Waals surface area contributed by atoms with Gasteiger partial charge in [0.1, 0.15) is 5.82 Å². The summed E-state index contributed by atoms with van der Waals surface area (Å²) in [6, 6.07) is 6.11. The SMILES string of the molecule is CC(C)(C)c1nc2cc(N)ccc2n1CCC1CCCC1. The molecule has 3 rings (SSSR count). The number of nitrogens with zero attached hydrogens (tertiary/aromatic N) is 2. The number of rotatable bonds is 3. The van der Waals surface area contributed by atoms with Gasteiger partial charge in [0, 0.05) is 17.6 Å². The highest BCUT2D eigenvalue weighted by molar-refractivity contribution is 5.79. The van der Waals surface area contributed by atoms with Crippen molar-refractivity contribution in [3.8, 4) is 0 Å². The molecule has 0 bridgehead atoms. The minimum atomic E-state index is 0.0590. The van der Waals surface area contributed by atoms with E-state index in [9.17, 15) is 0 Å². The fourth-order valence-electron chi connectivity index (χ4n) is 3.56. The Balaban J connectivity index is 1.96. The smallest absolute Gasteiger partial charge is 0.115 e. The lowest BCUT2D eigenvalue weighted by Gasteiger charge is -2.21. The molecular weight excluding hydrogens is 258 g/mol. The van der Waals surface area contributed by atoms with Crippen LogP contribution in [0.2, 0.25) is 0 Å². The fourth-order valence-corrected chi connectivity index (χ4v) is 3.56. The highest BCUT2D eigenvalue weighted by atomic mass is 15.1. The zero-order valence-electron chi connectivity index (χ0n) is 13.5. The Labute approximate surface area is 127 Å². The number of nitrogen functional groups attached to an aromatic ring is 1. The van der Waals surface area contributed by atoms with E-state index in [2.05, 4.69) is 31.4 Å². The zero-order valence-corrected chi connectivity index (χ0v) is 13.5. The first kappa shape index (κ1) is 14.4. The molecule has 2 aromatic rings. The summed E-state index contributed by atoms with van der Waals surface area (Å²) in [5, 5.41) is 0. The molecule has 21 heavy (non-hydrogen) atoms. The van der Waals surface area contributed by atoms with Crippen LogP contribution in [0.3, 0.4) is 0 Å². The molecular formula is C18H27N3. The minimum absolute atomic E-state index is 0.0590. The molecule has 1 saturated carbocycles. The quantitative estimate of drug-likeness (QED) is 0.844. The summed E-state index contributed by atoms with van der Waals surface area (Å²) in [7, 11) is 0. The van der Waals surface area contributed by atoms with Gasteiger partial charge in [-0.05, 0) is 30.5 Å². The number of hydrogen-bond acceptors (Lipinski definition) is 2. The van der Waals surface area contributed by atoms with Gasteiger partial charge in [0.15, 0.2) is 0 Å². The summed E-state index contributed by atoms with van der Waals surface area (Å²) < 4.78 is 2.42. The molecule has 1 fully saturated rings. The van der Waals surface area contributed by atoms with Crippen LogP contribution in [-0.2, 0) is 12.0 Å². The van der Waals surface area contributed by atoms with Crippen molar-refractivity contribution >= 4 is 16.7 Å². The minimum Gasteiger partial charge on any atom is -0.399 e. The van der Waals surface area contributed by atoms with E-state index in [1.807, 2.05) is 12.1 Å². The first-order chi connectivity index (χ1) is 9.95. The largest absolute Gasteiger partial charge is 0.399 e. The Morgan fingerprint density at radius 2 is 1.95 bits per heavy atom. The Morgan fingerprint density at radius 3 is 2.62 bits per heavy atom. The molecule has 0 amide bonds. The van der Waals surface area contributed by atoms with Crippen molar-refractivity contribution in [2.45, 2.75) is 64.8 Å². The number of benzene rings is 1. The summed E-state index contributed by atoms with van der Waals surface area (Å²) in [6.07, 6.45) is 6.92. The maximum Gasteiger partial charge on any atom is 0.115 e. The number of imidazole rings is 1. The van der Waals surface area contributed by atoms with Gasteiger partial charge < -0.3 is 10.3 Å². The van der Waals surface area contributed by atoms with E-state index in [0.29, 0.717) is 0 Å². The summed E-state index contributed by atoms with van der Waals surface area (Å²) in [5.41, 5.74) is 9.03. The molecule has 0 radical (unpaired) electrons. The lowest BCUT2D eigenvalue weighted by atomic mass is 9.95. The molecule has 1 heterocycles. The lowest BCUT2D eigenvalue weighted by Crippen LogP contribution is -2.19. The Morgan fingerprint density at radius 1 is 1.24 bits per heavy atom. The second-order valence-electron chi connectivity index (χ2n) is 7.52. The predicted molar refractivity (Wildman–Crippen MR) is 89.4 cm³/mol. The summed E-state index contributed by atoms with van der Waals surface area (Å²) in [6.45, 7) is 7.80. The first-order valence-corrected chi connectivity index (χ1v) is 8.21.